The van der Waals surface area contributed by atoms with Crippen molar-refractivity contribution in [3.63, 3.8) is 0 Å². The Balaban J connectivity index is 1.41. The molecule has 1 saturated heterocycles. The van der Waals surface area contributed by atoms with Crippen molar-refractivity contribution in [2.24, 2.45) is 0 Å². The fraction of sp³-hybridized carbons (Fsp3) is 0.316. The number of piperazine rings is 1. The Morgan fingerprint density at radius 3 is 2.48 bits per heavy atom. The quantitative estimate of drug-likeness (QED) is 0.611. The molecule has 4 rings (SSSR count). The van der Waals surface area contributed by atoms with Crippen molar-refractivity contribution >= 4 is 44.4 Å². The minimum Gasteiger partial charge on any atom is -0.368 e. The first-order chi connectivity index (χ1) is 14.0. The summed E-state index contributed by atoms with van der Waals surface area (Å²) in [6.45, 7) is 2.36. The van der Waals surface area contributed by atoms with Gasteiger partial charge in [-0.05, 0) is 24.3 Å². The summed E-state index contributed by atoms with van der Waals surface area (Å²) in [5, 5.41) is 0. The third-order valence-electron chi connectivity index (χ3n) is 5.05. The molecule has 1 aliphatic rings. The van der Waals surface area contributed by atoms with Crippen LogP contribution in [-0.2, 0) is 14.8 Å². The molecule has 0 aliphatic carbocycles. The highest BCUT2D eigenvalue weighted by atomic mass is 32.2. The van der Waals surface area contributed by atoms with Crippen LogP contribution < -0.4 is 4.90 Å². The molecular formula is C19H21N5O3S2. The van der Waals surface area contributed by atoms with Gasteiger partial charge >= 0.3 is 0 Å². The Morgan fingerprint density at radius 1 is 1.03 bits per heavy atom. The number of carbonyl (C=O) groups excluding carboxylic acids is 1. The first-order valence-corrected chi connectivity index (χ1v) is 11.4. The molecule has 2 aromatic carbocycles. The smallest absolute Gasteiger partial charge is 0.245 e. The molecule has 152 valence electrons. The molecule has 8 nitrogen and oxygen atoms in total. The van der Waals surface area contributed by atoms with Gasteiger partial charge in [-0.25, -0.2) is 8.42 Å². The van der Waals surface area contributed by atoms with Gasteiger partial charge in [-0.15, -0.1) is 0 Å². The van der Waals surface area contributed by atoms with Crippen LogP contribution in [0, 0.1) is 0 Å². The summed E-state index contributed by atoms with van der Waals surface area (Å²) in [7, 11) is -2.42. The summed E-state index contributed by atoms with van der Waals surface area (Å²) in [4.78, 5) is 16.7. The summed E-state index contributed by atoms with van der Waals surface area (Å²) in [5.41, 5.74) is 2.00. The SMILES string of the molecule is CN(CC(=O)N1CCN(c2ccccc2)CC1)S(=O)(=O)c1cccc2nsnc12. The average Bonchev–Trinajstić information content (AvgIpc) is 3.23. The summed E-state index contributed by atoms with van der Waals surface area (Å²) < 4.78 is 35.2. The zero-order chi connectivity index (χ0) is 20.4. The molecular weight excluding hydrogens is 410 g/mol. The zero-order valence-electron chi connectivity index (χ0n) is 15.9. The molecule has 0 radical (unpaired) electrons. The van der Waals surface area contributed by atoms with Crippen molar-refractivity contribution in [1.29, 1.82) is 0 Å². The second-order valence-electron chi connectivity index (χ2n) is 6.85. The van der Waals surface area contributed by atoms with Crippen molar-refractivity contribution in [1.82, 2.24) is 18.0 Å². The lowest BCUT2D eigenvalue weighted by atomic mass is 10.2. The first kappa shape index (κ1) is 19.7. The Hall–Kier alpha value is -2.56. The topological polar surface area (TPSA) is 86.7 Å². The second-order valence-corrected chi connectivity index (χ2v) is 9.39. The van der Waals surface area contributed by atoms with Gasteiger partial charge in [-0.1, -0.05) is 24.3 Å². The largest absolute Gasteiger partial charge is 0.368 e. The molecule has 1 aromatic heterocycles. The van der Waals surface area contributed by atoms with E-state index in [0.29, 0.717) is 24.1 Å². The minimum atomic E-state index is -3.84. The second kappa shape index (κ2) is 8.05. The van der Waals surface area contributed by atoms with Crippen LogP contribution in [0.25, 0.3) is 11.0 Å². The van der Waals surface area contributed by atoms with E-state index in [-0.39, 0.29) is 17.3 Å². The number of carbonyl (C=O) groups is 1. The molecule has 10 heteroatoms. The molecule has 1 fully saturated rings. The number of nitrogens with zero attached hydrogens (tertiary/aromatic N) is 5. The van der Waals surface area contributed by atoms with Gasteiger partial charge in [0.25, 0.3) is 0 Å². The average molecular weight is 432 g/mol. The van der Waals surface area contributed by atoms with Crippen molar-refractivity contribution in [2.75, 3.05) is 44.7 Å². The highest BCUT2D eigenvalue weighted by Crippen LogP contribution is 2.24. The Morgan fingerprint density at radius 2 is 1.76 bits per heavy atom. The van der Waals surface area contributed by atoms with Crippen LogP contribution in [0.4, 0.5) is 5.69 Å². The summed E-state index contributed by atoms with van der Waals surface area (Å²) in [6.07, 6.45) is 0. The predicted octanol–water partition coefficient (Wildman–Crippen LogP) is 1.66. The van der Waals surface area contributed by atoms with E-state index in [1.165, 1.54) is 13.1 Å². The number of anilines is 1. The summed E-state index contributed by atoms with van der Waals surface area (Å²) in [5.74, 6) is -0.202. The molecule has 0 bridgehead atoms. The van der Waals surface area contributed by atoms with E-state index in [2.05, 4.69) is 13.6 Å². The number of hydrogen-bond acceptors (Lipinski definition) is 7. The van der Waals surface area contributed by atoms with Crippen molar-refractivity contribution in [2.45, 2.75) is 4.90 Å². The maximum Gasteiger partial charge on any atom is 0.245 e. The molecule has 1 aliphatic heterocycles. The van der Waals surface area contributed by atoms with E-state index >= 15 is 0 Å². The van der Waals surface area contributed by atoms with Crippen LogP contribution in [-0.4, -0.2) is 72.0 Å². The van der Waals surface area contributed by atoms with E-state index in [1.807, 2.05) is 30.3 Å². The van der Waals surface area contributed by atoms with Crippen LogP contribution >= 0.6 is 11.7 Å². The number of fused-ring (bicyclic) bond motifs is 1. The van der Waals surface area contributed by atoms with E-state index in [4.69, 9.17) is 0 Å². The van der Waals surface area contributed by atoms with Crippen molar-refractivity contribution < 1.29 is 13.2 Å². The number of benzene rings is 2. The highest BCUT2D eigenvalue weighted by molar-refractivity contribution is 7.89. The van der Waals surface area contributed by atoms with Crippen LogP contribution in [0.1, 0.15) is 0 Å². The number of hydrogen-bond donors (Lipinski definition) is 0. The Labute approximate surface area is 173 Å². The third-order valence-corrected chi connectivity index (χ3v) is 7.43. The number of rotatable bonds is 5. The Bertz CT molecular complexity index is 1110. The van der Waals surface area contributed by atoms with Gasteiger partial charge in [-0.2, -0.15) is 13.1 Å². The van der Waals surface area contributed by atoms with Gasteiger partial charge in [0.1, 0.15) is 15.9 Å². The molecule has 0 saturated carbocycles. The first-order valence-electron chi connectivity index (χ1n) is 9.22. The molecule has 0 atom stereocenters. The molecule has 29 heavy (non-hydrogen) atoms. The molecule has 1 amide bonds. The molecule has 3 aromatic rings. The lowest BCUT2D eigenvalue weighted by molar-refractivity contribution is -0.131. The molecule has 0 N–H and O–H groups in total. The van der Waals surface area contributed by atoms with E-state index in [0.717, 1.165) is 34.8 Å². The van der Waals surface area contributed by atoms with Crippen LogP contribution in [0.2, 0.25) is 0 Å². The van der Waals surface area contributed by atoms with E-state index in [9.17, 15) is 13.2 Å². The van der Waals surface area contributed by atoms with Gasteiger partial charge in [-0.3, -0.25) is 4.79 Å². The maximum atomic E-state index is 13.0. The van der Waals surface area contributed by atoms with Crippen LogP contribution in [0.15, 0.2) is 53.4 Å². The standard InChI is InChI=1S/C19H21N5O3S2/c1-22(29(26,27)17-9-5-8-16-19(17)21-28-20-16)14-18(25)24-12-10-23(11-13-24)15-6-3-2-4-7-15/h2-9H,10-14H2,1H3. The fourth-order valence-corrected chi connectivity index (χ4v) is 5.25. The van der Waals surface area contributed by atoms with Crippen LogP contribution in [0.3, 0.4) is 0 Å². The van der Waals surface area contributed by atoms with Gasteiger partial charge in [0.15, 0.2) is 0 Å². The van der Waals surface area contributed by atoms with Gasteiger partial charge in [0.05, 0.1) is 18.3 Å². The summed E-state index contributed by atoms with van der Waals surface area (Å²) in [6, 6.07) is 14.9. The maximum absolute atomic E-state index is 13.0. The molecule has 0 unspecified atom stereocenters. The zero-order valence-corrected chi connectivity index (χ0v) is 17.6. The third kappa shape index (κ3) is 3.96. The monoisotopic (exact) mass is 431 g/mol. The number of amides is 1. The lowest BCUT2D eigenvalue weighted by Crippen LogP contribution is -2.51. The van der Waals surface area contributed by atoms with Crippen LogP contribution in [0.5, 0.6) is 0 Å². The van der Waals surface area contributed by atoms with Gasteiger partial charge < -0.3 is 9.80 Å². The number of aromatic nitrogens is 2. The summed E-state index contributed by atoms with van der Waals surface area (Å²) >= 11 is 0.967. The van der Waals surface area contributed by atoms with Gasteiger partial charge in [0.2, 0.25) is 15.9 Å². The number of likely N-dealkylation sites (N-methyl/N-ethyl adjacent to an activating group) is 1. The molecule has 0 spiro atoms. The highest BCUT2D eigenvalue weighted by Gasteiger charge is 2.29. The normalized spacial score (nSPS) is 15.2. The number of sulfonamides is 1. The van der Waals surface area contributed by atoms with E-state index < -0.39 is 10.0 Å². The van der Waals surface area contributed by atoms with E-state index in [1.54, 1.807) is 17.0 Å². The minimum absolute atomic E-state index is 0.0768. The lowest BCUT2D eigenvalue weighted by Gasteiger charge is -2.36. The molecule has 2 heterocycles. The fourth-order valence-electron chi connectivity index (χ4n) is 3.39. The number of para-hydroxylation sites is 1. The van der Waals surface area contributed by atoms with Crippen molar-refractivity contribution in [3.05, 3.63) is 48.5 Å². The predicted molar refractivity (Wildman–Crippen MR) is 112 cm³/mol. The van der Waals surface area contributed by atoms with Gasteiger partial charge in [0, 0.05) is 38.9 Å². The van der Waals surface area contributed by atoms with Crippen molar-refractivity contribution in [3.8, 4) is 0 Å². The Kier molecular flexibility index (Phi) is 5.48.